The van der Waals surface area contributed by atoms with E-state index < -0.39 is 0 Å². The van der Waals surface area contributed by atoms with Gasteiger partial charge in [-0.3, -0.25) is 0 Å². The molecule has 1 aromatic rings. The van der Waals surface area contributed by atoms with E-state index in [2.05, 4.69) is 68.2 Å². The van der Waals surface area contributed by atoms with Crippen LogP contribution in [0, 0.1) is 0 Å². The van der Waals surface area contributed by atoms with E-state index >= 15 is 0 Å². The van der Waals surface area contributed by atoms with E-state index in [1.165, 1.54) is 11.4 Å². The smallest absolute Gasteiger partial charge is 0.0606 e. The summed E-state index contributed by atoms with van der Waals surface area (Å²) in [7, 11) is 4.17. The second-order valence-corrected chi connectivity index (χ2v) is 4.25. The monoisotopic (exact) mass is 230 g/mol. The third kappa shape index (κ3) is 3.13. The molecule has 0 amide bonds. The molecule has 0 bridgehead atoms. The predicted octanol–water partition coefficient (Wildman–Crippen LogP) is 3.32. The standard InChI is InChI=1S/C15H22N2/c1-6-12-16(4)14-10-8-9-11-15(14)17(5)13(3)7-2/h6-11,13H,1-2,12H2,3-5H3. The SMILES string of the molecule is C=CCN(C)c1ccccc1N(C)C(C)C=C. The number of anilines is 2. The molecule has 2 nitrogen and oxygen atoms in total. The number of hydrogen-bond donors (Lipinski definition) is 0. The molecule has 0 radical (unpaired) electrons. The Labute approximate surface area is 105 Å². The fraction of sp³-hybridized carbons (Fsp3) is 0.333. The highest BCUT2D eigenvalue weighted by Gasteiger charge is 2.12. The summed E-state index contributed by atoms with van der Waals surface area (Å²) in [6, 6.07) is 8.70. The van der Waals surface area contributed by atoms with Crippen LogP contribution >= 0.6 is 0 Å². The summed E-state index contributed by atoms with van der Waals surface area (Å²) >= 11 is 0. The Morgan fingerprint density at radius 1 is 1.18 bits per heavy atom. The first-order chi connectivity index (χ1) is 8.11. The first-order valence-corrected chi connectivity index (χ1v) is 5.88. The van der Waals surface area contributed by atoms with Crippen molar-refractivity contribution in [3.05, 3.63) is 49.6 Å². The topological polar surface area (TPSA) is 6.48 Å². The molecule has 0 spiro atoms. The van der Waals surface area contributed by atoms with Crippen molar-refractivity contribution in [2.75, 3.05) is 30.4 Å². The Bertz CT molecular complexity index is 384. The summed E-state index contributed by atoms with van der Waals surface area (Å²) in [4.78, 5) is 4.41. The van der Waals surface area contributed by atoms with Crippen LogP contribution in [0.3, 0.4) is 0 Å². The van der Waals surface area contributed by atoms with Crippen LogP contribution in [0.2, 0.25) is 0 Å². The number of benzene rings is 1. The molecule has 2 heteroatoms. The Balaban J connectivity index is 3.06. The molecule has 0 aromatic heterocycles. The maximum Gasteiger partial charge on any atom is 0.0606 e. The molecule has 0 aliphatic heterocycles. The maximum atomic E-state index is 3.85. The molecule has 1 rings (SSSR count). The third-order valence-electron chi connectivity index (χ3n) is 3.03. The van der Waals surface area contributed by atoms with E-state index in [1.54, 1.807) is 0 Å². The largest absolute Gasteiger partial charge is 0.369 e. The van der Waals surface area contributed by atoms with Gasteiger partial charge in [0.05, 0.1) is 11.4 Å². The number of likely N-dealkylation sites (N-methyl/N-ethyl adjacent to an activating group) is 2. The van der Waals surface area contributed by atoms with Crippen molar-refractivity contribution in [3.8, 4) is 0 Å². The van der Waals surface area contributed by atoms with Crippen LogP contribution < -0.4 is 9.80 Å². The van der Waals surface area contributed by atoms with Crippen molar-refractivity contribution in [1.29, 1.82) is 0 Å². The zero-order valence-electron chi connectivity index (χ0n) is 11.1. The minimum atomic E-state index is 0.313. The molecule has 0 heterocycles. The average molecular weight is 230 g/mol. The molecule has 0 saturated heterocycles. The minimum absolute atomic E-state index is 0.313. The molecular formula is C15H22N2. The molecular weight excluding hydrogens is 208 g/mol. The number of nitrogens with zero attached hydrogens (tertiary/aromatic N) is 2. The van der Waals surface area contributed by atoms with Crippen LogP contribution in [0.5, 0.6) is 0 Å². The van der Waals surface area contributed by atoms with Crippen LogP contribution in [-0.4, -0.2) is 26.7 Å². The Hall–Kier alpha value is -1.70. The van der Waals surface area contributed by atoms with Gasteiger partial charge in [0.15, 0.2) is 0 Å². The number of para-hydroxylation sites is 2. The fourth-order valence-electron chi connectivity index (χ4n) is 1.75. The Kier molecular flexibility index (Phi) is 4.83. The lowest BCUT2D eigenvalue weighted by Crippen LogP contribution is -2.29. The van der Waals surface area contributed by atoms with E-state index in [9.17, 15) is 0 Å². The van der Waals surface area contributed by atoms with Crippen molar-refractivity contribution in [2.24, 2.45) is 0 Å². The van der Waals surface area contributed by atoms with Gasteiger partial charge in [0.25, 0.3) is 0 Å². The lowest BCUT2D eigenvalue weighted by molar-refractivity contribution is 0.821. The van der Waals surface area contributed by atoms with Gasteiger partial charge in [-0.25, -0.2) is 0 Å². The first kappa shape index (κ1) is 13.4. The second kappa shape index (κ2) is 6.14. The highest BCUT2D eigenvalue weighted by molar-refractivity contribution is 5.71. The lowest BCUT2D eigenvalue weighted by Gasteiger charge is -2.30. The van der Waals surface area contributed by atoms with E-state index in [1.807, 2.05) is 12.2 Å². The Morgan fingerprint density at radius 2 is 1.76 bits per heavy atom. The Morgan fingerprint density at radius 3 is 2.29 bits per heavy atom. The zero-order valence-corrected chi connectivity index (χ0v) is 11.1. The van der Waals surface area contributed by atoms with Crippen molar-refractivity contribution < 1.29 is 0 Å². The highest BCUT2D eigenvalue weighted by atomic mass is 15.2. The second-order valence-electron chi connectivity index (χ2n) is 4.25. The van der Waals surface area contributed by atoms with Gasteiger partial charge in [0.2, 0.25) is 0 Å². The van der Waals surface area contributed by atoms with Crippen LogP contribution in [0.4, 0.5) is 11.4 Å². The van der Waals surface area contributed by atoms with Crippen molar-refractivity contribution in [1.82, 2.24) is 0 Å². The van der Waals surface area contributed by atoms with Crippen molar-refractivity contribution >= 4 is 11.4 Å². The molecule has 0 saturated carbocycles. The third-order valence-corrected chi connectivity index (χ3v) is 3.03. The molecule has 0 aliphatic rings. The average Bonchev–Trinajstić information content (AvgIpc) is 2.37. The van der Waals surface area contributed by atoms with E-state index in [4.69, 9.17) is 0 Å². The van der Waals surface area contributed by atoms with Crippen LogP contribution in [-0.2, 0) is 0 Å². The normalized spacial score (nSPS) is 11.7. The molecule has 0 aliphatic carbocycles. The zero-order chi connectivity index (χ0) is 12.8. The van der Waals surface area contributed by atoms with Gasteiger partial charge in [0, 0.05) is 26.7 Å². The maximum absolute atomic E-state index is 3.85. The summed E-state index contributed by atoms with van der Waals surface area (Å²) in [5.41, 5.74) is 2.42. The summed E-state index contributed by atoms with van der Waals surface area (Å²) < 4.78 is 0. The summed E-state index contributed by atoms with van der Waals surface area (Å²) in [5, 5.41) is 0. The molecule has 1 unspecified atom stereocenters. The first-order valence-electron chi connectivity index (χ1n) is 5.88. The van der Waals surface area contributed by atoms with Crippen LogP contribution in [0.15, 0.2) is 49.6 Å². The van der Waals surface area contributed by atoms with E-state index in [-0.39, 0.29) is 0 Å². The van der Waals surface area contributed by atoms with Crippen LogP contribution in [0.25, 0.3) is 0 Å². The number of hydrogen-bond acceptors (Lipinski definition) is 2. The molecule has 1 aromatic carbocycles. The van der Waals surface area contributed by atoms with Gasteiger partial charge < -0.3 is 9.80 Å². The molecule has 92 valence electrons. The minimum Gasteiger partial charge on any atom is -0.369 e. The molecule has 1 atom stereocenters. The van der Waals surface area contributed by atoms with Crippen molar-refractivity contribution in [2.45, 2.75) is 13.0 Å². The summed E-state index contributed by atoms with van der Waals surface area (Å²) in [6.45, 7) is 10.6. The molecule has 0 N–H and O–H groups in total. The van der Waals surface area contributed by atoms with Gasteiger partial charge >= 0.3 is 0 Å². The van der Waals surface area contributed by atoms with Gasteiger partial charge in [0.1, 0.15) is 0 Å². The van der Waals surface area contributed by atoms with Gasteiger partial charge in [-0.05, 0) is 19.1 Å². The predicted molar refractivity (Wildman–Crippen MR) is 78.0 cm³/mol. The number of rotatable bonds is 6. The summed E-state index contributed by atoms with van der Waals surface area (Å²) in [6.07, 6.45) is 3.86. The lowest BCUT2D eigenvalue weighted by atomic mass is 10.2. The summed E-state index contributed by atoms with van der Waals surface area (Å²) in [5.74, 6) is 0. The van der Waals surface area contributed by atoms with Crippen LogP contribution in [0.1, 0.15) is 6.92 Å². The van der Waals surface area contributed by atoms with E-state index in [0.29, 0.717) is 6.04 Å². The van der Waals surface area contributed by atoms with Gasteiger partial charge in [-0.1, -0.05) is 24.3 Å². The van der Waals surface area contributed by atoms with E-state index in [0.717, 1.165) is 6.54 Å². The van der Waals surface area contributed by atoms with Gasteiger partial charge in [-0.15, -0.1) is 13.2 Å². The fourth-order valence-corrected chi connectivity index (χ4v) is 1.75. The highest BCUT2D eigenvalue weighted by Crippen LogP contribution is 2.28. The molecule has 17 heavy (non-hydrogen) atoms. The van der Waals surface area contributed by atoms with Crippen molar-refractivity contribution in [3.63, 3.8) is 0 Å². The molecule has 0 fully saturated rings. The van der Waals surface area contributed by atoms with Gasteiger partial charge in [-0.2, -0.15) is 0 Å². The quantitative estimate of drug-likeness (QED) is 0.692.